The molecule has 5 heteroatoms. The molecule has 1 fully saturated rings. The zero-order chi connectivity index (χ0) is 22.5. The second-order valence-electron chi connectivity index (χ2n) is 9.19. The van der Waals surface area contributed by atoms with Crippen molar-refractivity contribution >= 4 is 11.8 Å². The summed E-state index contributed by atoms with van der Waals surface area (Å²) in [5.41, 5.74) is 3.96. The van der Waals surface area contributed by atoms with Gasteiger partial charge in [-0.1, -0.05) is 86.6 Å². The Balaban J connectivity index is 1.71. The summed E-state index contributed by atoms with van der Waals surface area (Å²) >= 11 is 0. The van der Waals surface area contributed by atoms with Gasteiger partial charge in [0.1, 0.15) is 5.69 Å². The summed E-state index contributed by atoms with van der Waals surface area (Å²) in [5, 5.41) is 4.49. The van der Waals surface area contributed by atoms with E-state index in [0.717, 1.165) is 60.1 Å². The smallest absolute Gasteiger partial charge is 0.232 e. The van der Waals surface area contributed by atoms with Crippen LogP contribution in [0.25, 0.3) is 11.3 Å². The average molecular weight is 432 g/mol. The van der Waals surface area contributed by atoms with Crippen molar-refractivity contribution in [3.8, 4) is 11.3 Å². The van der Waals surface area contributed by atoms with Crippen LogP contribution in [0.2, 0.25) is 0 Å². The first-order valence-electron chi connectivity index (χ1n) is 11.6. The van der Waals surface area contributed by atoms with Gasteiger partial charge in [-0.15, -0.1) is 0 Å². The first-order chi connectivity index (χ1) is 15.5. The summed E-state index contributed by atoms with van der Waals surface area (Å²) in [6.45, 7) is 9.16. The molecule has 1 aliphatic heterocycles. The van der Waals surface area contributed by atoms with Crippen LogP contribution in [0.1, 0.15) is 44.7 Å². The second kappa shape index (κ2) is 10.0. The molecule has 0 spiro atoms. The molecular weight excluding hydrogens is 398 g/mol. The standard InChI is InChI=1S/C27H33N3O2/c1-20(2)26(31)30(18-22-10-6-4-7-11-22)19-24-25(23-12-8-5-9-13-23)28-32-27(24)29-16-14-21(3)15-17-29/h4-13,20-21H,14-19H2,1-3H3. The van der Waals surface area contributed by atoms with E-state index in [9.17, 15) is 4.79 Å². The lowest BCUT2D eigenvalue weighted by atomic mass is 9.98. The highest BCUT2D eigenvalue weighted by molar-refractivity contribution is 5.79. The van der Waals surface area contributed by atoms with Crippen molar-refractivity contribution < 1.29 is 9.32 Å². The molecule has 0 saturated carbocycles. The van der Waals surface area contributed by atoms with Crippen LogP contribution in [0.4, 0.5) is 5.88 Å². The molecule has 32 heavy (non-hydrogen) atoms. The predicted octanol–water partition coefficient (Wildman–Crippen LogP) is 5.76. The molecule has 0 bridgehead atoms. The van der Waals surface area contributed by atoms with E-state index in [1.54, 1.807) is 0 Å². The van der Waals surface area contributed by atoms with Gasteiger partial charge < -0.3 is 14.3 Å². The molecule has 0 radical (unpaired) electrons. The molecule has 1 amide bonds. The van der Waals surface area contributed by atoms with Gasteiger partial charge >= 0.3 is 0 Å². The minimum Gasteiger partial charge on any atom is -0.340 e. The highest BCUT2D eigenvalue weighted by atomic mass is 16.5. The summed E-state index contributed by atoms with van der Waals surface area (Å²) in [7, 11) is 0. The summed E-state index contributed by atoms with van der Waals surface area (Å²) in [6, 6.07) is 20.3. The van der Waals surface area contributed by atoms with Crippen LogP contribution in [0.3, 0.4) is 0 Å². The van der Waals surface area contributed by atoms with Gasteiger partial charge in [0, 0.05) is 31.1 Å². The molecule has 0 unspecified atom stereocenters. The largest absolute Gasteiger partial charge is 0.340 e. The normalized spacial score (nSPS) is 14.7. The lowest BCUT2D eigenvalue weighted by Gasteiger charge is -2.31. The number of carbonyl (C=O) groups excluding carboxylic acids is 1. The number of anilines is 1. The van der Waals surface area contributed by atoms with E-state index < -0.39 is 0 Å². The van der Waals surface area contributed by atoms with Gasteiger partial charge in [-0.05, 0) is 24.3 Å². The molecule has 5 nitrogen and oxygen atoms in total. The van der Waals surface area contributed by atoms with Gasteiger partial charge in [0.15, 0.2) is 0 Å². The maximum absolute atomic E-state index is 13.2. The summed E-state index contributed by atoms with van der Waals surface area (Å²) in [6.07, 6.45) is 2.28. The fourth-order valence-corrected chi connectivity index (χ4v) is 4.30. The van der Waals surface area contributed by atoms with Crippen molar-refractivity contribution in [1.82, 2.24) is 10.1 Å². The Morgan fingerprint density at radius 1 is 1.03 bits per heavy atom. The number of carbonyl (C=O) groups is 1. The third-order valence-corrected chi connectivity index (χ3v) is 6.26. The summed E-state index contributed by atoms with van der Waals surface area (Å²) in [4.78, 5) is 17.5. The molecule has 0 atom stereocenters. The van der Waals surface area contributed by atoms with Gasteiger partial charge in [-0.25, -0.2) is 0 Å². The van der Waals surface area contributed by atoms with Crippen LogP contribution >= 0.6 is 0 Å². The zero-order valence-corrected chi connectivity index (χ0v) is 19.3. The van der Waals surface area contributed by atoms with Crippen molar-refractivity contribution in [3.05, 3.63) is 71.8 Å². The molecule has 1 aliphatic rings. The fraction of sp³-hybridized carbons (Fsp3) is 0.407. The molecule has 2 aromatic carbocycles. The third-order valence-electron chi connectivity index (χ3n) is 6.26. The molecule has 1 saturated heterocycles. The van der Waals surface area contributed by atoms with Crippen molar-refractivity contribution in [2.45, 2.75) is 46.7 Å². The quantitative estimate of drug-likeness (QED) is 0.477. The Bertz CT molecular complexity index is 1010. The lowest BCUT2D eigenvalue weighted by molar-refractivity contribution is -0.135. The van der Waals surface area contributed by atoms with E-state index in [1.807, 2.05) is 55.1 Å². The minimum absolute atomic E-state index is 0.0852. The first-order valence-corrected chi connectivity index (χ1v) is 11.6. The van der Waals surface area contributed by atoms with E-state index >= 15 is 0 Å². The molecular formula is C27H33N3O2. The van der Waals surface area contributed by atoms with Crippen LogP contribution in [-0.2, 0) is 17.9 Å². The van der Waals surface area contributed by atoms with Crippen molar-refractivity contribution in [1.29, 1.82) is 0 Å². The molecule has 0 aliphatic carbocycles. The van der Waals surface area contributed by atoms with Crippen LogP contribution < -0.4 is 4.90 Å². The van der Waals surface area contributed by atoms with E-state index in [1.165, 1.54) is 0 Å². The lowest BCUT2D eigenvalue weighted by Crippen LogP contribution is -2.36. The molecule has 4 rings (SSSR count). The highest BCUT2D eigenvalue weighted by Crippen LogP contribution is 2.35. The Hall–Kier alpha value is -3.08. The topological polar surface area (TPSA) is 49.6 Å². The Labute approximate surface area is 191 Å². The molecule has 0 N–H and O–H groups in total. The van der Waals surface area contributed by atoms with Crippen LogP contribution in [0.5, 0.6) is 0 Å². The first kappa shape index (κ1) is 22.1. The van der Waals surface area contributed by atoms with Gasteiger partial charge in [0.05, 0.1) is 12.1 Å². The number of amides is 1. The number of benzene rings is 2. The Kier molecular flexibility index (Phi) is 6.93. The minimum atomic E-state index is -0.0852. The Morgan fingerprint density at radius 2 is 1.66 bits per heavy atom. The Morgan fingerprint density at radius 3 is 2.28 bits per heavy atom. The van der Waals surface area contributed by atoms with E-state index in [0.29, 0.717) is 13.1 Å². The van der Waals surface area contributed by atoms with E-state index in [2.05, 4.69) is 41.2 Å². The third kappa shape index (κ3) is 5.04. The van der Waals surface area contributed by atoms with E-state index in [4.69, 9.17) is 4.52 Å². The van der Waals surface area contributed by atoms with Crippen molar-refractivity contribution in [2.75, 3.05) is 18.0 Å². The average Bonchev–Trinajstić information content (AvgIpc) is 3.23. The molecule has 168 valence electrons. The van der Waals surface area contributed by atoms with Crippen molar-refractivity contribution in [2.24, 2.45) is 11.8 Å². The van der Waals surface area contributed by atoms with E-state index in [-0.39, 0.29) is 11.8 Å². The molecule has 3 aromatic rings. The molecule has 2 heterocycles. The van der Waals surface area contributed by atoms with Crippen molar-refractivity contribution in [3.63, 3.8) is 0 Å². The van der Waals surface area contributed by atoms with Gasteiger partial charge in [-0.3, -0.25) is 4.79 Å². The zero-order valence-electron chi connectivity index (χ0n) is 19.3. The number of piperidine rings is 1. The van der Waals surface area contributed by atoms with Gasteiger partial charge in [0.2, 0.25) is 11.8 Å². The fourth-order valence-electron chi connectivity index (χ4n) is 4.30. The number of aromatic nitrogens is 1. The van der Waals surface area contributed by atoms with Crippen LogP contribution in [0, 0.1) is 11.8 Å². The van der Waals surface area contributed by atoms with Gasteiger partial charge in [-0.2, -0.15) is 0 Å². The number of hydrogen-bond donors (Lipinski definition) is 0. The maximum atomic E-state index is 13.2. The number of hydrogen-bond acceptors (Lipinski definition) is 4. The molecule has 1 aromatic heterocycles. The second-order valence-corrected chi connectivity index (χ2v) is 9.19. The summed E-state index contributed by atoms with van der Waals surface area (Å²) in [5.74, 6) is 1.58. The number of nitrogens with zero attached hydrogens (tertiary/aromatic N) is 3. The maximum Gasteiger partial charge on any atom is 0.232 e. The predicted molar refractivity (Wildman–Crippen MR) is 128 cm³/mol. The number of rotatable bonds is 7. The summed E-state index contributed by atoms with van der Waals surface area (Å²) < 4.78 is 5.95. The van der Waals surface area contributed by atoms with Crippen LogP contribution in [-0.4, -0.2) is 29.1 Å². The monoisotopic (exact) mass is 431 g/mol. The highest BCUT2D eigenvalue weighted by Gasteiger charge is 2.28. The SMILES string of the molecule is CC1CCN(c2onc(-c3ccccc3)c2CN(Cc2ccccc2)C(=O)C(C)C)CC1. The van der Waals surface area contributed by atoms with Gasteiger partial charge in [0.25, 0.3) is 0 Å². The van der Waals surface area contributed by atoms with Crippen LogP contribution in [0.15, 0.2) is 65.2 Å².